The number of nitriles is 1. The molecule has 0 unspecified atom stereocenters. The largest absolute Gasteiger partial charge is 0.325 e. The number of benzene rings is 2. The summed E-state index contributed by atoms with van der Waals surface area (Å²) in [7, 11) is -3.97. The zero-order valence-electron chi connectivity index (χ0n) is 12.7. The average molecular weight is 364 g/mol. The molecule has 0 heterocycles. The van der Waals surface area contributed by atoms with Gasteiger partial charge < -0.3 is 5.32 Å². The van der Waals surface area contributed by atoms with Crippen LogP contribution in [0.2, 0.25) is 5.02 Å². The van der Waals surface area contributed by atoms with Crippen LogP contribution in [0.1, 0.15) is 11.1 Å². The Hall–Kier alpha value is -2.40. The van der Waals surface area contributed by atoms with E-state index in [1.807, 2.05) is 6.07 Å². The first kappa shape index (κ1) is 17.9. The number of anilines is 1. The van der Waals surface area contributed by atoms with Gasteiger partial charge in [-0.25, -0.2) is 13.1 Å². The monoisotopic (exact) mass is 363 g/mol. The normalized spacial score (nSPS) is 10.9. The zero-order valence-corrected chi connectivity index (χ0v) is 14.3. The first-order valence-electron chi connectivity index (χ1n) is 6.88. The van der Waals surface area contributed by atoms with E-state index in [-0.39, 0.29) is 10.5 Å². The molecule has 2 N–H and O–H groups in total. The molecule has 0 bridgehead atoms. The number of rotatable bonds is 5. The number of sulfonamides is 1. The number of hydrogen-bond acceptors (Lipinski definition) is 4. The Kier molecular flexibility index (Phi) is 5.57. The molecule has 0 atom stereocenters. The van der Waals surface area contributed by atoms with Crippen molar-refractivity contribution < 1.29 is 13.2 Å². The molecule has 0 aromatic heterocycles. The standard InChI is InChI=1S/C16H14ClN3O3S/c1-11-6-7-13(17)8-14(11)20-16(21)10-19-24(22,23)15-5-3-2-4-12(15)9-18/h2-8,19H,10H2,1H3,(H,20,21). The van der Waals surface area contributed by atoms with E-state index < -0.39 is 22.5 Å². The number of nitrogens with one attached hydrogen (secondary N) is 2. The summed E-state index contributed by atoms with van der Waals surface area (Å²) in [6, 6.07) is 12.6. The Labute approximate surface area is 145 Å². The summed E-state index contributed by atoms with van der Waals surface area (Å²) < 4.78 is 26.6. The topological polar surface area (TPSA) is 99.1 Å². The van der Waals surface area contributed by atoms with Crippen molar-refractivity contribution in [2.24, 2.45) is 0 Å². The van der Waals surface area contributed by atoms with Crippen molar-refractivity contribution in [1.29, 1.82) is 5.26 Å². The molecule has 0 radical (unpaired) electrons. The molecule has 0 saturated heterocycles. The van der Waals surface area contributed by atoms with E-state index in [0.29, 0.717) is 10.7 Å². The summed E-state index contributed by atoms with van der Waals surface area (Å²) in [4.78, 5) is 11.8. The highest BCUT2D eigenvalue weighted by atomic mass is 35.5. The summed E-state index contributed by atoms with van der Waals surface area (Å²) in [6.07, 6.45) is 0. The smallest absolute Gasteiger partial charge is 0.242 e. The molecule has 24 heavy (non-hydrogen) atoms. The van der Waals surface area contributed by atoms with Crippen molar-refractivity contribution in [3.63, 3.8) is 0 Å². The number of carbonyl (C=O) groups excluding carboxylic acids is 1. The van der Waals surface area contributed by atoms with Crippen molar-refractivity contribution in [3.05, 3.63) is 58.6 Å². The van der Waals surface area contributed by atoms with Crippen LogP contribution >= 0.6 is 11.6 Å². The third-order valence-corrected chi connectivity index (χ3v) is 4.89. The molecule has 2 aromatic carbocycles. The highest BCUT2D eigenvalue weighted by Crippen LogP contribution is 2.20. The first-order chi connectivity index (χ1) is 11.3. The summed E-state index contributed by atoms with van der Waals surface area (Å²) in [5, 5.41) is 12.0. The molecule has 2 aromatic rings. The fourth-order valence-electron chi connectivity index (χ4n) is 1.95. The van der Waals surface area contributed by atoms with Gasteiger partial charge in [-0.2, -0.15) is 5.26 Å². The van der Waals surface area contributed by atoms with Gasteiger partial charge in [0.25, 0.3) is 0 Å². The molecule has 0 saturated carbocycles. The van der Waals surface area contributed by atoms with E-state index in [2.05, 4.69) is 10.0 Å². The Morgan fingerprint density at radius 2 is 1.96 bits per heavy atom. The lowest BCUT2D eigenvalue weighted by Gasteiger charge is -2.10. The SMILES string of the molecule is Cc1ccc(Cl)cc1NC(=O)CNS(=O)(=O)c1ccccc1C#N. The number of halogens is 1. The lowest BCUT2D eigenvalue weighted by molar-refractivity contribution is -0.115. The van der Waals surface area contributed by atoms with Crippen molar-refractivity contribution in [1.82, 2.24) is 4.72 Å². The van der Waals surface area contributed by atoms with E-state index >= 15 is 0 Å². The van der Waals surface area contributed by atoms with E-state index in [4.69, 9.17) is 16.9 Å². The summed E-state index contributed by atoms with van der Waals surface area (Å²) in [5.74, 6) is -0.543. The van der Waals surface area contributed by atoms with E-state index in [9.17, 15) is 13.2 Å². The maximum atomic E-state index is 12.2. The van der Waals surface area contributed by atoms with Crippen LogP contribution < -0.4 is 10.0 Å². The molecule has 2 rings (SSSR count). The second-order valence-corrected chi connectivity index (χ2v) is 7.11. The number of nitrogens with zero attached hydrogens (tertiary/aromatic N) is 1. The minimum absolute atomic E-state index is 0.0103. The van der Waals surface area contributed by atoms with E-state index in [1.165, 1.54) is 18.2 Å². The summed E-state index contributed by atoms with van der Waals surface area (Å²) >= 11 is 5.87. The predicted octanol–water partition coefficient (Wildman–Crippen LogP) is 2.44. The van der Waals surface area contributed by atoms with Crippen LogP contribution in [-0.2, 0) is 14.8 Å². The van der Waals surface area contributed by atoms with Crippen LogP contribution in [-0.4, -0.2) is 20.9 Å². The molecule has 124 valence electrons. The molecule has 0 aliphatic carbocycles. The molecular formula is C16H14ClN3O3S. The molecule has 1 amide bonds. The quantitative estimate of drug-likeness (QED) is 0.852. The van der Waals surface area contributed by atoms with Crippen LogP contribution in [0.3, 0.4) is 0 Å². The van der Waals surface area contributed by atoms with Gasteiger partial charge >= 0.3 is 0 Å². The molecule has 0 fully saturated rings. The number of hydrogen-bond donors (Lipinski definition) is 2. The van der Waals surface area contributed by atoms with Crippen molar-refractivity contribution in [2.45, 2.75) is 11.8 Å². The third-order valence-electron chi connectivity index (χ3n) is 3.19. The molecule has 8 heteroatoms. The summed E-state index contributed by atoms with van der Waals surface area (Å²) in [5.41, 5.74) is 1.31. The van der Waals surface area contributed by atoms with E-state index in [1.54, 1.807) is 31.2 Å². The van der Waals surface area contributed by atoms with Crippen LogP contribution in [0.4, 0.5) is 5.69 Å². The maximum absolute atomic E-state index is 12.2. The fraction of sp³-hybridized carbons (Fsp3) is 0.125. The maximum Gasteiger partial charge on any atom is 0.242 e. The van der Waals surface area contributed by atoms with Gasteiger partial charge in [-0.1, -0.05) is 29.8 Å². The number of aryl methyl sites for hydroxylation is 1. The molecular weight excluding hydrogens is 350 g/mol. The van der Waals surface area contributed by atoms with Gasteiger partial charge in [-0.05, 0) is 36.8 Å². The van der Waals surface area contributed by atoms with Crippen LogP contribution in [0.15, 0.2) is 47.4 Å². The highest BCUT2D eigenvalue weighted by molar-refractivity contribution is 7.89. The number of carbonyl (C=O) groups is 1. The lowest BCUT2D eigenvalue weighted by atomic mass is 10.2. The molecule has 6 nitrogen and oxygen atoms in total. The highest BCUT2D eigenvalue weighted by Gasteiger charge is 2.19. The zero-order chi connectivity index (χ0) is 17.7. The second kappa shape index (κ2) is 7.45. The predicted molar refractivity (Wildman–Crippen MR) is 91.2 cm³/mol. The Morgan fingerprint density at radius 1 is 1.25 bits per heavy atom. The van der Waals surface area contributed by atoms with Crippen LogP contribution in [0, 0.1) is 18.3 Å². The lowest BCUT2D eigenvalue weighted by Crippen LogP contribution is -2.33. The van der Waals surface area contributed by atoms with Gasteiger partial charge in [0.1, 0.15) is 6.07 Å². The van der Waals surface area contributed by atoms with Crippen LogP contribution in [0.25, 0.3) is 0 Å². The Bertz CT molecular complexity index is 920. The van der Waals surface area contributed by atoms with Gasteiger partial charge in [-0.3, -0.25) is 4.79 Å². The van der Waals surface area contributed by atoms with Gasteiger partial charge in [0, 0.05) is 10.7 Å². The van der Waals surface area contributed by atoms with Gasteiger partial charge in [0.05, 0.1) is 17.0 Å². The molecule has 0 spiro atoms. The number of amides is 1. The summed E-state index contributed by atoms with van der Waals surface area (Å²) in [6.45, 7) is 1.33. The third kappa shape index (κ3) is 4.32. The molecule has 0 aliphatic heterocycles. The van der Waals surface area contributed by atoms with Gasteiger partial charge in [0.2, 0.25) is 15.9 Å². The minimum Gasteiger partial charge on any atom is -0.325 e. The Balaban J connectivity index is 2.08. The fourth-order valence-corrected chi connectivity index (χ4v) is 3.26. The second-order valence-electron chi connectivity index (χ2n) is 4.94. The molecule has 0 aliphatic rings. The Morgan fingerprint density at radius 3 is 2.67 bits per heavy atom. The van der Waals surface area contributed by atoms with Gasteiger partial charge in [0.15, 0.2) is 0 Å². The average Bonchev–Trinajstić information content (AvgIpc) is 2.56. The van der Waals surface area contributed by atoms with Crippen molar-refractivity contribution >= 4 is 33.2 Å². The van der Waals surface area contributed by atoms with Crippen molar-refractivity contribution in [3.8, 4) is 6.07 Å². The van der Waals surface area contributed by atoms with E-state index in [0.717, 1.165) is 5.56 Å². The minimum atomic E-state index is -3.97. The van der Waals surface area contributed by atoms with Crippen LogP contribution in [0.5, 0.6) is 0 Å². The van der Waals surface area contributed by atoms with Gasteiger partial charge in [-0.15, -0.1) is 0 Å². The first-order valence-corrected chi connectivity index (χ1v) is 8.74. The van der Waals surface area contributed by atoms with Crippen molar-refractivity contribution in [2.75, 3.05) is 11.9 Å².